The molecule has 0 spiro atoms. The summed E-state index contributed by atoms with van der Waals surface area (Å²) in [6.45, 7) is 0.0259. The van der Waals surface area contributed by atoms with E-state index in [1.807, 2.05) is 0 Å². The van der Waals surface area contributed by atoms with Gasteiger partial charge in [-0.25, -0.2) is 4.39 Å². The molecule has 2 N–H and O–H groups in total. The van der Waals surface area contributed by atoms with Gasteiger partial charge >= 0.3 is 0 Å². The molecule has 1 amide bonds. The summed E-state index contributed by atoms with van der Waals surface area (Å²) in [6.07, 6.45) is 5.73. The van der Waals surface area contributed by atoms with Crippen molar-refractivity contribution in [3.05, 3.63) is 60.1 Å². The fourth-order valence-corrected chi connectivity index (χ4v) is 1.53. The number of amides is 1. The quantitative estimate of drug-likeness (QED) is 0.815. The number of carbonyl (C=O) groups is 1. The van der Waals surface area contributed by atoms with Crippen LogP contribution in [0.3, 0.4) is 0 Å². The molecule has 5 nitrogen and oxygen atoms in total. The lowest BCUT2D eigenvalue weighted by Gasteiger charge is -2.07. The van der Waals surface area contributed by atoms with Gasteiger partial charge < -0.3 is 14.8 Å². The summed E-state index contributed by atoms with van der Waals surface area (Å²) in [7, 11) is 0. The van der Waals surface area contributed by atoms with E-state index >= 15 is 0 Å². The Morgan fingerprint density at radius 2 is 2.40 bits per heavy atom. The average molecular weight is 276 g/mol. The number of aliphatic hydroxyl groups excluding tert-OH is 1. The Morgan fingerprint density at radius 3 is 3.10 bits per heavy atom. The largest absolute Gasteiger partial charge is 0.467 e. The molecule has 2 rings (SSSR count). The molecule has 0 fully saturated rings. The molecule has 1 unspecified atom stereocenters. The van der Waals surface area contributed by atoms with E-state index in [4.69, 9.17) is 4.42 Å². The Kier molecular flexibility index (Phi) is 4.62. The van der Waals surface area contributed by atoms with Gasteiger partial charge in [-0.2, -0.15) is 0 Å². The van der Waals surface area contributed by atoms with Gasteiger partial charge in [0.25, 0.3) is 0 Å². The summed E-state index contributed by atoms with van der Waals surface area (Å²) >= 11 is 0. The number of halogens is 1. The molecule has 2 aromatic heterocycles. The van der Waals surface area contributed by atoms with Crippen LogP contribution in [0.15, 0.2) is 47.3 Å². The number of aromatic nitrogens is 1. The summed E-state index contributed by atoms with van der Waals surface area (Å²) < 4.78 is 17.9. The van der Waals surface area contributed by atoms with E-state index in [0.717, 1.165) is 6.20 Å². The molecule has 0 saturated carbocycles. The molecule has 0 aliphatic heterocycles. The van der Waals surface area contributed by atoms with Gasteiger partial charge in [0.1, 0.15) is 17.7 Å². The van der Waals surface area contributed by atoms with E-state index in [-0.39, 0.29) is 6.54 Å². The van der Waals surface area contributed by atoms with E-state index in [1.165, 1.54) is 30.7 Å². The van der Waals surface area contributed by atoms with Crippen LogP contribution in [0.1, 0.15) is 17.4 Å². The van der Waals surface area contributed by atoms with E-state index in [9.17, 15) is 14.3 Å². The fraction of sp³-hybridized carbons (Fsp3) is 0.143. The Labute approximate surface area is 114 Å². The van der Waals surface area contributed by atoms with Gasteiger partial charge in [-0.05, 0) is 29.8 Å². The molecule has 0 aliphatic rings. The summed E-state index contributed by atoms with van der Waals surface area (Å²) in [6, 6.07) is 4.52. The smallest absolute Gasteiger partial charge is 0.244 e. The van der Waals surface area contributed by atoms with Crippen molar-refractivity contribution in [3.63, 3.8) is 0 Å². The lowest BCUT2D eigenvalue weighted by Crippen LogP contribution is -2.26. The van der Waals surface area contributed by atoms with E-state index < -0.39 is 17.8 Å². The normalized spacial score (nSPS) is 12.5. The second kappa shape index (κ2) is 6.63. The maximum atomic E-state index is 12.9. The highest BCUT2D eigenvalue weighted by Crippen LogP contribution is 2.11. The number of furan rings is 1. The molecule has 0 radical (unpaired) electrons. The van der Waals surface area contributed by atoms with Crippen molar-refractivity contribution in [1.29, 1.82) is 0 Å². The summed E-state index contributed by atoms with van der Waals surface area (Å²) in [4.78, 5) is 15.2. The molecular weight excluding hydrogens is 263 g/mol. The first-order valence-corrected chi connectivity index (χ1v) is 5.93. The third-order valence-electron chi connectivity index (χ3n) is 2.49. The van der Waals surface area contributed by atoms with Crippen LogP contribution >= 0.6 is 0 Å². The van der Waals surface area contributed by atoms with E-state index in [2.05, 4.69) is 10.3 Å². The topological polar surface area (TPSA) is 75.4 Å². The third kappa shape index (κ3) is 4.03. The predicted molar refractivity (Wildman–Crippen MR) is 69.9 cm³/mol. The van der Waals surface area contributed by atoms with Crippen molar-refractivity contribution in [2.75, 3.05) is 6.54 Å². The zero-order chi connectivity index (χ0) is 14.4. The molecule has 20 heavy (non-hydrogen) atoms. The Balaban J connectivity index is 1.83. The first-order chi connectivity index (χ1) is 9.65. The highest BCUT2D eigenvalue weighted by Gasteiger charge is 2.10. The van der Waals surface area contributed by atoms with E-state index in [1.54, 1.807) is 12.1 Å². The summed E-state index contributed by atoms with van der Waals surface area (Å²) in [5.41, 5.74) is 0.478. The molecule has 0 saturated heterocycles. The SMILES string of the molecule is O=C(/C=C/c1cncc(F)c1)NCC(O)c1ccco1. The molecule has 6 heteroatoms. The van der Waals surface area contributed by atoms with Crippen LogP contribution in [-0.2, 0) is 4.79 Å². The Morgan fingerprint density at radius 1 is 1.55 bits per heavy atom. The first kappa shape index (κ1) is 14.0. The molecule has 2 heterocycles. The van der Waals surface area contributed by atoms with Crippen molar-refractivity contribution >= 4 is 12.0 Å². The molecule has 104 valence electrons. The number of hydrogen-bond acceptors (Lipinski definition) is 4. The zero-order valence-corrected chi connectivity index (χ0v) is 10.5. The van der Waals surface area contributed by atoms with Crippen molar-refractivity contribution in [2.24, 2.45) is 0 Å². The number of nitrogens with one attached hydrogen (secondary N) is 1. The zero-order valence-electron chi connectivity index (χ0n) is 10.5. The van der Waals surface area contributed by atoms with Gasteiger partial charge in [-0.1, -0.05) is 0 Å². The molecule has 2 aromatic rings. The standard InChI is InChI=1S/C14H13FN2O3/c15-11-6-10(7-16-8-11)3-4-14(19)17-9-12(18)13-2-1-5-20-13/h1-8,12,18H,9H2,(H,17,19)/b4-3+. The van der Waals surface area contributed by atoms with Crippen LogP contribution in [0, 0.1) is 5.82 Å². The number of aliphatic hydroxyl groups is 1. The Bertz CT molecular complexity index is 596. The van der Waals surface area contributed by atoms with E-state index in [0.29, 0.717) is 11.3 Å². The third-order valence-corrected chi connectivity index (χ3v) is 2.49. The Hall–Kier alpha value is -2.47. The van der Waals surface area contributed by atoms with Gasteiger partial charge in [0, 0.05) is 12.3 Å². The highest BCUT2D eigenvalue weighted by atomic mass is 19.1. The van der Waals surface area contributed by atoms with Crippen molar-refractivity contribution < 1.29 is 18.7 Å². The van der Waals surface area contributed by atoms with Gasteiger partial charge in [-0.3, -0.25) is 9.78 Å². The van der Waals surface area contributed by atoms with Crippen LogP contribution in [0.4, 0.5) is 4.39 Å². The maximum Gasteiger partial charge on any atom is 0.244 e. The number of hydrogen-bond donors (Lipinski definition) is 2. The first-order valence-electron chi connectivity index (χ1n) is 5.93. The second-order valence-corrected chi connectivity index (χ2v) is 4.05. The van der Waals surface area contributed by atoms with Crippen molar-refractivity contribution in [1.82, 2.24) is 10.3 Å². The van der Waals surface area contributed by atoms with Crippen LogP contribution in [0.2, 0.25) is 0 Å². The highest BCUT2D eigenvalue weighted by molar-refractivity contribution is 5.91. The van der Waals surface area contributed by atoms with Crippen molar-refractivity contribution in [2.45, 2.75) is 6.10 Å². The predicted octanol–water partition coefficient (Wildman–Crippen LogP) is 1.68. The monoisotopic (exact) mass is 276 g/mol. The lowest BCUT2D eigenvalue weighted by molar-refractivity contribution is -0.116. The molecule has 0 aliphatic carbocycles. The van der Waals surface area contributed by atoms with Crippen molar-refractivity contribution in [3.8, 4) is 0 Å². The number of nitrogens with zero attached hydrogens (tertiary/aromatic N) is 1. The van der Waals surface area contributed by atoms with Crippen LogP contribution in [-0.4, -0.2) is 22.5 Å². The molecule has 1 atom stereocenters. The molecule has 0 aromatic carbocycles. The minimum absolute atomic E-state index is 0.0259. The second-order valence-electron chi connectivity index (χ2n) is 4.05. The maximum absolute atomic E-state index is 12.9. The number of carbonyl (C=O) groups excluding carboxylic acids is 1. The minimum Gasteiger partial charge on any atom is -0.467 e. The fourth-order valence-electron chi connectivity index (χ4n) is 1.53. The average Bonchev–Trinajstić information content (AvgIpc) is 2.97. The summed E-state index contributed by atoms with van der Waals surface area (Å²) in [5, 5.41) is 12.2. The van der Waals surface area contributed by atoms with Gasteiger partial charge in [0.05, 0.1) is 19.0 Å². The molecular formula is C14H13FN2O3. The molecule has 0 bridgehead atoms. The number of pyridine rings is 1. The van der Waals surface area contributed by atoms with Gasteiger partial charge in [-0.15, -0.1) is 0 Å². The van der Waals surface area contributed by atoms with Crippen LogP contribution in [0.25, 0.3) is 6.08 Å². The van der Waals surface area contributed by atoms with Gasteiger partial charge in [0.15, 0.2) is 0 Å². The minimum atomic E-state index is -0.904. The van der Waals surface area contributed by atoms with Crippen LogP contribution < -0.4 is 5.32 Å². The van der Waals surface area contributed by atoms with Gasteiger partial charge in [0.2, 0.25) is 5.91 Å². The lowest BCUT2D eigenvalue weighted by atomic mass is 10.2. The summed E-state index contributed by atoms with van der Waals surface area (Å²) in [5.74, 6) is -0.496. The van der Waals surface area contributed by atoms with Crippen LogP contribution in [0.5, 0.6) is 0 Å². The number of rotatable bonds is 5.